The molecule has 1 aromatic carbocycles. The van der Waals surface area contributed by atoms with Gasteiger partial charge in [-0.15, -0.1) is 0 Å². The van der Waals surface area contributed by atoms with E-state index in [2.05, 4.69) is 12.2 Å². The van der Waals surface area contributed by atoms with E-state index in [-0.39, 0.29) is 11.9 Å². The zero-order valence-electron chi connectivity index (χ0n) is 12.5. The minimum atomic E-state index is -0.0878. The summed E-state index contributed by atoms with van der Waals surface area (Å²) < 4.78 is 5.61. The number of amides is 1. The number of hydrogen-bond donors (Lipinski definition) is 2. The molecule has 0 spiro atoms. The Morgan fingerprint density at radius 1 is 1.33 bits per heavy atom. The van der Waals surface area contributed by atoms with Crippen molar-refractivity contribution >= 4 is 16.9 Å². The fraction of sp³-hybridized carbons (Fsp3) is 0.471. The van der Waals surface area contributed by atoms with Crippen molar-refractivity contribution < 1.29 is 14.1 Å². The maximum Gasteiger partial charge on any atom is 0.287 e. The van der Waals surface area contributed by atoms with Crippen molar-refractivity contribution in [1.82, 2.24) is 5.32 Å². The van der Waals surface area contributed by atoms with E-state index in [0.29, 0.717) is 5.76 Å². The standard InChI is InChI=1S/C17H22N2O2/c1-2-9-19-10-7-14(8-11-19)18-17(20)16-12-13-5-3-4-6-15(13)21-16/h3-6,12,14H,2,7-11H2,1H3,(H,18,20)/p+1. The van der Waals surface area contributed by atoms with Gasteiger partial charge in [0.05, 0.1) is 19.6 Å². The predicted molar refractivity (Wildman–Crippen MR) is 82.6 cm³/mol. The van der Waals surface area contributed by atoms with Crippen LogP contribution in [0.2, 0.25) is 0 Å². The van der Waals surface area contributed by atoms with E-state index in [1.54, 1.807) is 4.90 Å². The molecule has 112 valence electrons. The third-order valence-electron chi connectivity index (χ3n) is 4.28. The van der Waals surface area contributed by atoms with Crippen LogP contribution in [0.5, 0.6) is 0 Å². The first-order valence-corrected chi connectivity index (χ1v) is 7.89. The van der Waals surface area contributed by atoms with E-state index >= 15 is 0 Å². The maximum absolute atomic E-state index is 12.3. The van der Waals surface area contributed by atoms with E-state index in [0.717, 1.165) is 36.9 Å². The summed E-state index contributed by atoms with van der Waals surface area (Å²) in [7, 11) is 0. The number of hydrogen-bond acceptors (Lipinski definition) is 2. The summed E-state index contributed by atoms with van der Waals surface area (Å²) in [6, 6.07) is 9.82. The lowest BCUT2D eigenvalue weighted by Crippen LogP contribution is -3.13. The summed E-state index contributed by atoms with van der Waals surface area (Å²) in [4.78, 5) is 13.9. The van der Waals surface area contributed by atoms with Crippen LogP contribution < -0.4 is 10.2 Å². The average Bonchev–Trinajstić information content (AvgIpc) is 2.94. The van der Waals surface area contributed by atoms with E-state index < -0.39 is 0 Å². The molecule has 1 aliphatic heterocycles. The van der Waals surface area contributed by atoms with Crippen molar-refractivity contribution in [1.29, 1.82) is 0 Å². The second-order valence-electron chi connectivity index (χ2n) is 5.90. The van der Waals surface area contributed by atoms with Gasteiger partial charge in [-0.25, -0.2) is 0 Å². The van der Waals surface area contributed by atoms with Crippen molar-refractivity contribution in [2.45, 2.75) is 32.2 Å². The fourth-order valence-corrected chi connectivity index (χ4v) is 3.12. The molecule has 1 amide bonds. The van der Waals surface area contributed by atoms with Crippen LogP contribution in [0.3, 0.4) is 0 Å². The first kappa shape index (κ1) is 14.1. The van der Waals surface area contributed by atoms with Crippen LogP contribution in [0.25, 0.3) is 11.0 Å². The summed E-state index contributed by atoms with van der Waals surface area (Å²) >= 11 is 0. The molecule has 0 aliphatic carbocycles. The highest BCUT2D eigenvalue weighted by molar-refractivity contribution is 5.96. The number of benzene rings is 1. The molecule has 4 nitrogen and oxygen atoms in total. The third-order valence-corrected chi connectivity index (χ3v) is 4.28. The lowest BCUT2D eigenvalue weighted by atomic mass is 10.0. The number of carbonyl (C=O) groups excluding carboxylic acids is 1. The second kappa shape index (κ2) is 6.31. The first-order valence-electron chi connectivity index (χ1n) is 7.89. The first-order chi connectivity index (χ1) is 10.3. The molecule has 1 aliphatic rings. The average molecular weight is 287 g/mol. The maximum atomic E-state index is 12.3. The molecule has 21 heavy (non-hydrogen) atoms. The highest BCUT2D eigenvalue weighted by Crippen LogP contribution is 2.18. The molecular formula is C17H23N2O2+. The Labute approximate surface area is 125 Å². The van der Waals surface area contributed by atoms with Crippen molar-refractivity contribution in [3.05, 3.63) is 36.1 Å². The molecule has 2 N–H and O–H groups in total. The van der Waals surface area contributed by atoms with E-state index in [9.17, 15) is 4.79 Å². The molecule has 0 bridgehead atoms. The van der Waals surface area contributed by atoms with Crippen LogP contribution in [0.1, 0.15) is 36.7 Å². The summed E-state index contributed by atoms with van der Waals surface area (Å²) in [5.74, 6) is 0.328. The Hall–Kier alpha value is -1.81. The van der Waals surface area contributed by atoms with Crippen LogP contribution >= 0.6 is 0 Å². The number of fused-ring (bicyclic) bond motifs is 1. The van der Waals surface area contributed by atoms with Gasteiger partial charge < -0.3 is 14.6 Å². The van der Waals surface area contributed by atoms with Gasteiger partial charge in [-0.1, -0.05) is 25.1 Å². The van der Waals surface area contributed by atoms with Gasteiger partial charge in [0.2, 0.25) is 0 Å². The number of furan rings is 1. The van der Waals surface area contributed by atoms with Gasteiger partial charge in [0.15, 0.2) is 5.76 Å². The highest BCUT2D eigenvalue weighted by atomic mass is 16.3. The Balaban J connectivity index is 1.59. The third kappa shape index (κ3) is 3.27. The molecule has 3 rings (SSSR count). The number of rotatable bonds is 4. The van der Waals surface area contributed by atoms with Gasteiger partial charge in [-0.05, 0) is 18.6 Å². The zero-order valence-corrected chi connectivity index (χ0v) is 12.5. The molecule has 4 heteroatoms. The number of likely N-dealkylation sites (tertiary alicyclic amines) is 1. The zero-order chi connectivity index (χ0) is 14.7. The smallest absolute Gasteiger partial charge is 0.287 e. The Kier molecular flexibility index (Phi) is 4.25. The highest BCUT2D eigenvalue weighted by Gasteiger charge is 2.24. The molecule has 0 atom stereocenters. The van der Waals surface area contributed by atoms with Crippen molar-refractivity contribution in [2.24, 2.45) is 0 Å². The fourth-order valence-electron chi connectivity index (χ4n) is 3.12. The molecule has 0 radical (unpaired) electrons. The predicted octanol–water partition coefficient (Wildman–Crippen LogP) is 1.62. The van der Waals surface area contributed by atoms with Crippen molar-refractivity contribution in [3.63, 3.8) is 0 Å². The summed E-state index contributed by atoms with van der Waals surface area (Å²) in [6.07, 6.45) is 3.34. The van der Waals surface area contributed by atoms with Crippen molar-refractivity contribution in [2.75, 3.05) is 19.6 Å². The topological polar surface area (TPSA) is 46.7 Å². The van der Waals surface area contributed by atoms with E-state index in [1.165, 1.54) is 13.0 Å². The van der Waals surface area contributed by atoms with Crippen LogP contribution in [-0.4, -0.2) is 31.6 Å². The molecular weight excluding hydrogens is 264 g/mol. The quantitative estimate of drug-likeness (QED) is 0.897. The minimum Gasteiger partial charge on any atom is -0.451 e. The number of carbonyl (C=O) groups is 1. The normalized spacial score (nSPS) is 22.3. The monoisotopic (exact) mass is 287 g/mol. The van der Waals surface area contributed by atoms with Gasteiger partial charge in [-0.2, -0.15) is 0 Å². The molecule has 1 saturated heterocycles. The molecule has 2 aromatic rings. The van der Waals surface area contributed by atoms with Crippen LogP contribution in [-0.2, 0) is 0 Å². The van der Waals surface area contributed by atoms with Gasteiger partial charge in [0, 0.05) is 24.3 Å². The van der Waals surface area contributed by atoms with Crippen LogP contribution in [0.15, 0.2) is 34.7 Å². The number of piperidine rings is 1. The number of quaternary nitrogens is 1. The van der Waals surface area contributed by atoms with Gasteiger partial charge >= 0.3 is 0 Å². The molecule has 0 saturated carbocycles. The molecule has 0 unspecified atom stereocenters. The SMILES string of the molecule is CCC[NH+]1CCC(NC(=O)c2cc3ccccc3o2)CC1. The van der Waals surface area contributed by atoms with Crippen molar-refractivity contribution in [3.8, 4) is 0 Å². The van der Waals surface area contributed by atoms with Gasteiger partial charge in [0.1, 0.15) is 5.58 Å². The molecule has 1 aromatic heterocycles. The summed E-state index contributed by atoms with van der Waals surface area (Å²) in [5, 5.41) is 4.09. The minimum absolute atomic E-state index is 0.0878. The number of nitrogens with one attached hydrogen (secondary N) is 2. The van der Waals surface area contributed by atoms with Gasteiger partial charge in [0.25, 0.3) is 5.91 Å². The lowest BCUT2D eigenvalue weighted by Gasteiger charge is -2.29. The largest absolute Gasteiger partial charge is 0.451 e. The summed E-state index contributed by atoms with van der Waals surface area (Å²) in [5.41, 5.74) is 0.768. The van der Waals surface area contributed by atoms with Crippen LogP contribution in [0, 0.1) is 0 Å². The number of para-hydroxylation sites is 1. The lowest BCUT2D eigenvalue weighted by molar-refractivity contribution is -0.905. The Morgan fingerprint density at radius 2 is 2.10 bits per heavy atom. The Bertz CT molecular complexity index is 579. The molecule has 2 heterocycles. The second-order valence-corrected chi connectivity index (χ2v) is 5.90. The van der Waals surface area contributed by atoms with Gasteiger partial charge in [-0.3, -0.25) is 4.79 Å². The molecule has 1 fully saturated rings. The van der Waals surface area contributed by atoms with Crippen LogP contribution in [0.4, 0.5) is 0 Å². The Morgan fingerprint density at radius 3 is 2.81 bits per heavy atom. The van der Waals surface area contributed by atoms with E-state index in [4.69, 9.17) is 4.42 Å². The van der Waals surface area contributed by atoms with E-state index in [1.807, 2.05) is 30.3 Å². The summed E-state index contributed by atoms with van der Waals surface area (Å²) in [6.45, 7) is 5.77.